The molecule has 0 N–H and O–H groups in total. The highest BCUT2D eigenvalue weighted by Crippen LogP contribution is 2.43. The standard InChI is InChI=1S/C18H33BO4/c1-9-10-11-12-13-18(7,15(20)21-8)14(2)19-22-16(3,4)17(5,6)23-19/h2,9-13H2,1,3-8H3. The van der Waals surface area contributed by atoms with Crippen LogP contribution in [0.1, 0.15) is 73.6 Å². The van der Waals surface area contributed by atoms with Gasteiger partial charge in [-0.25, -0.2) is 0 Å². The first-order valence-electron chi connectivity index (χ1n) is 8.65. The third kappa shape index (κ3) is 4.19. The summed E-state index contributed by atoms with van der Waals surface area (Å²) in [4.78, 5) is 12.4. The maximum atomic E-state index is 12.4. The summed E-state index contributed by atoms with van der Waals surface area (Å²) in [7, 11) is 0.833. The second kappa shape index (κ2) is 7.39. The molecule has 0 aliphatic carbocycles. The lowest BCUT2D eigenvalue weighted by atomic mass is 9.62. The SMILES string of the molecule is C=C(B1OC(C)(C)C(C)(C)O1)C(C)(CCCCCC)C(=O)OC. The Morgan fingerprint density at radius 1 is 1.13 bits per heavy atom. The summed E-state index contributed by atoms with van der Waals surface area (Å²) < 4.78 is 17.2. The highest BCUT2D eigenvalue weighted by Gasteiger charge is 2.55. The average molecular weight is 324 g/mol. The van der Waals surface area contributed by atoms with Gasteiger partial charge in [-0.1, -0.05) is 32.6 Å². The predicted molar refractivity (Wildman–Crippen MR) is 94.1 cm³/mol. The Bertz CT molecular complexity index is 428. The average Bonchev–Trinajstić information content (AvgIpc) is 2.70. The Morgan fingerprint density at radius 2 is 1.65 bits per heavy atom. The minimum atomic E-state index is -0.788. The molecule has 1 aliphatic heterocycles. The van der Waals surface area contributed by atoms with Gasteiger partial charge >= 0.3 is 13.1 Å². The minimum absolute atomic E-state index is 0.270. The molecule has 1 atom stereocenters. The molecular weight excluding hydrogens is 291 g/mol. The molecule has 1 aliphatic rings. The fourth-order valence-electron chi connectivity index (χ4n) is 2.77. The zero-order valence-corrected chi connectivity index (χ0v) is 16.0. The third-order valence-electron chi connectivity index (χ3n) is 5.41. The molecule has 4 nitrogen and oxygen atoms in total. The van der Waals surface area contributed by atoms with Crippen LogP contribution >= 0.6 is 0 Å². The lowest BCUT2D eigenvalue weighted by Crippen LogP contribution is -2.41. The van der Waals surface area contributed by atoms with Crippen molar-refractivity contribution in [1.82, 2.24) is 0 Å². The first-order chi connectivity index (χ1) is 10.5. The van der Waals surface area contributed by atoms with E-state index >= 15 is 0 Å². The van der Waals surface area contributed by atoms with E-state index in [1.165, 1.54) is 13.5 Å². The molecule has 1 saturated heterocycles. The van der Waals surface area contributed by atoms with Crippen molar-refractivity contribution in [2.75, 3.05) is 7.11 Å². The molecule has 23 heavy (non-hydrogen) atoms. The second-order valence-corrected chi connectivity index (χ2v) is 7.75. The Morgan fingerprint density at radius 3 is 2.09 bits per heavy atom. The van der Waals surface area contributed by atoms with Crippen molar-refractivity contribution < 1.29 is 18.8 Å². The fraction of sp³-hybridized carbons (Fsp3) is 0.833. The van der Waals surface area contributed by atoms with Gasteiger partial charge in [-0.2, -0.15) is 0 Å². The molecule has 1 rings (SSSR count). The second-order valence-electron chi connectivity index (χ2n) is 7.75. The highest BCUT2D eigenvalue weighted by atomic mass is 16.7. The summed E-state index contributed by atoms with van der Waals surface area (Å²) in [6, 6.07) is 0. The zero-order valence-electron chi connectivity index (χ0n) is 16.0. The lowest BCUT2D eigenvalue weighted by Gasteiger charge is -2.32. The molecule has 0 aromatic rings. The van der Waals surface area contributed by atoms with Crippen LogP contribution in [0, 0.1) is 5.41 Å². The summed E-state index contributed by atoms with van der Waals surface area (Å²) in [5.74, 6) is -0.270. The van der Waals surface area contributed by atoms with Gasteiger partial charge in [0.05, 0.1) is 23.7 Å². The van der Waals surface area contributed by atoms with E-state index in [-0.39, 0.29) is 5.97 Å². The quantitative estimate of drug-likeness (QED) is 0.379. The Hall–Kier alpha value is -0.805. The molecule has 1 heterocycles. The first-order valence-corrected chi connectivity index (χ1v) is 8.65. The number of hydrogen-bond donors (Lipinski definition) is 0. The Balaban J connectivity index is 2.91. The van der Waals surface area contributed by atoms with E-state index in [1.54, 1.807) is 0 Å². The van der Waals surface area contributed by atoms with Crippen molar-refractivity contribution in [3.8, 4) is 0 Å². The van der Waals surface area contributed by atoms with Crippen LogP contribution in [0.2, 0.25) is 0 Å². The van der Waals surface area contributed by atoms with E-state index in [1.807, 2.05) is 34.6 Å². The van der Waals surface area contributed by atoms with Crippen molar-refractivity contribution in [1.29, 1.82) is 0 Å². The number of carbonyl (C=O) groups is 1. The Kier molecular flexibility index (Phi) is 6.51. The summed E-state index contributed by atoms with van der Waals surface area (Å²) >= 11 is 0. The van der Waals surface area contributed by atoms with Gasteiger partial charge in [0, 0.05) is 0 Å². The van der Waals surface area contributed by atoms with Crippen LogP contribution in [0.3, 0.4) is 0 Å². The van der Waals surface area contributed by atoms with E-state index < -0.39 is 23.7 Å². The van der Waals surface area contributed by atoms with Crippen molar-refractivity contribution in [2.45, 2.75) is 84.8 Å². The summed E-state index contributed by atoms with van der Waals surface area (Å²) in [5, 5.41) is 0. The van der Waals surface area contributed by atoms with Gasteiger partial charge in [-0.05, 0) is 46.5 Å². The molecule has 1 fully saturated rings. The van der Waals surface area contributed by atoms with Crippen LogP contribution in [0.5, 0.6) is 0 Å². The smallest absolute Gasteiger partial charge is 0.468 e. The van der Waals surface area contributed by atoms with Gasteiger partial charge in [-0.15, -0.1) is 6.58 Å². The molecule has 0 bridgehead atoms. The zero-order chi connectivity index (χ0) is 17.9. The largest absolute Gasteiger partial charge is 0.491 e. The summed E-state index contributed by atoms with van der Waals surface area (Å²) in [6.45, 7) is 16.2. The van der Waals surface area contributed by atoms with Crippen LogP contribution < -0.4 is 0 Å². The van der Waals surface area contributed by atoms with E-state index in [0.717, 1.165) is 19.3 Å². The molecule has 0 spiro atoms. The van der Waals surface area contributed by atoms with Crippen molar-refractivity contribution in [3.05, 3.63) is 12.1 Å². The van der Waals surface area contributed by atoms with Crippen LogP contribution in [-0.4, -0.2) is 31.4 Å². The van der Waals surface area contributed by atoms with E-state index in [9.17, 15) is 4.79 Å². The molecule has 1 unspecified atom stereocenters. The van der Waals surface area contributed by atoms with Crippen LogP contribution in [0.25, 0.3) is 0 Å². The molecular formula is C18H33BO4. The van der Waals surface area contributed by atoms with Gasteiger partial charge < -0.3 is 14.0 Å². The van der Waals surface area contributed by atoms with E-state index in [4.69, 9.17) is 14.0 Å². The van der Waals surface area contributed by atoms with Crippen molar-refractivity contribution in [3.63, 3.8) is 0 Å². The third-order valence-corrected chi connectivity index (χ3v) is 5.41. The summed E-state index contributed by atoms with van der Waals surface area (Å²) in [6.07, 6.45) is 5.08. The number of ether oxygens (including phenoxy) is 1. The number of carbonyl (C=O) groups excluding carboxylic acids is 1. The molecule has 0 radical (unpaired) electrons. The normalized spacial score (nSPS) is 21.8. The van der Waals surface area contributed by atoms with Gasteiger partial charge in [0.25, 0.3) is 0 Å². The van der Waals surface area contributed by atoms with Crippen LogP contribution in [-0.2, 0) is 18.8 Å². The van der Waals surface area contributed by atoms with Gasteiger partial charge in [0.2, 0.25) is 0 Å². The maximum absolute atomic E-state index is 12.4. The topological polar surface area (TPSA) is 44.8 Å². The lowest BCUT2D eigenvalue weighted by molar-refractivity contribution is -0.149. The number of rotatable bonds is 8. The molecule has 5 heteroatoms. The summed E-state index contributed by atoms with van der Waals surface area (Å²) in [5.41, 5.74) is -1.02. The van der Waals surface area contributed by atoms with E-state index in [2.05, 4.69) is 13.5 Å². The number of unbranched alkanes of at least 4 members (excludes halogenated alkanes) is 3. The molecule has 0 aromatic carbocycles. The minimum Gasteiger partial charge on any atom is -0.468 e. The molecule has 0 aromatic heterocycles. The monoisotopic (exact) mass is 324 g/mol. The number of methoxy groups -OCH3 is 1. The van der Waals surface area contributed by atoms with Crippen molar-refractivity contribution in [2.24, 2.45) is 5.41 Å². The molecule has 0 amide bonds. The number of esters is 1. The van der Waals surface area contributed by atoms with Gasteiger partial charge in [0.1, 0.15) is 0 Å². The Labute approximate surface area is 142 Å². The molecule has 0 saturated carbocycles. The number of hydrogen-bond acceptors (Lipinski definition) is 4. The van der Waals surface area contributed by atoms with Gasteiger partial charge in [-0.3, -0.25) is 4.79 Å². The van der Waals surface area contributed by atoms with Crippen LogP contribution in [0.4, 0.5) is 0 Å². The van der Waals surface area contributed by atoms with Gasteiger partial charge in [0.15, 0.2) is 0 Å². The highest BCUT2D eigenvalue weighted by molar-refractivity contribution is 6.55. The predicted octanol–water partition coefficient (Wildman–Crippen LogP) is 4.32. The molecule has 132 valence electrons. The van der Waals surface area contributed by atoms with Crippen molar-refractivity contribution >= 4 is 13.1 Å². The maximum Gasteiger partial charge on any atom is 0.491 e. The first kappa shape index (κ1) is 20.2. The van der Waals surface area contributed by atoms with Crippen LogP contribution in [0.15, 0.2) is 12.1 Å². The van der Waals surface area contributed by atoms with E-state index in [0.29, 0.717) is 11.9 Å². The fourth-order valence-corrected chi connectivity index (χ4v) is 2.77.